The first-order chi connectivity index (χ1) is 31.0. The van der Waals surface area contributed by atoms with Crippen LogP contribution in [0.2, 0.25) is 0 Å². The summed E-state index contributed by atoms with van der Waals surface area (Å²) in [6.07, 6.45) is 51.6. The Labute approximate surface area is 397 Å². The Morgan fingerprint density at radius 3 is 1.00 bits per heavy atom. The minimum Gasteiger partial charge on any atom is -0.462 e. The van der Waals surface area contributed by atoms with Gasteiger partial charge in [-0.25, -0.2) is 4.57 Å². The molecule has 0 rings (SSSR count). The first-order valence-corrected chi connectivity index (χ1v) is 29.3. The van der Waals surface area contributed by atoms with Crippen LogP contribution in [0.25, 0.3) is 0 Å². The van der Waals surface area contributed by atoms with Crippen LogP contribution in [0.5, 0.6) is 0 Å². The number of quaternary nitrogens is 1. The number of rotatable bonds is 52. The zero-order chi connectivity index (χ0) is 47.1. The van der Waals surface area contributed by atoms with Crippen LogP contribution >= 0.6 is 7.82 Å². The monoisotopic (exact) mass is 931 g/mol. The highest BCUT2D eigenvalue weighted by Gasteiger charge is 2.27. The molecule has 9 nitrogen and oxygen atoms in total. The normalized spacial score (nSPS) is 13.3. The highest BCUT2D eigenvalue weighted by Crippen LogP contribution is 2.43. The van der Waals surface area contributed by atoms with Crippen molar-refractivity contribution >= 4 is 19.8 Å². The molecule has 2 atom stereocenters. The van der Waals surface area contributed by atoms with Crippen LogP contribution in [-0.2, 0) is 32.7 Å². The van der Waals surface area contributed by atoms with Gasteiger partial charge in [-0.15, -0.1) is 0 Å². The van der Waals surface area contributed by atoms with Gasteiger partial charge in [-0.3, -0.25) is 18.6 Å². The summed E-state index contributed by atoms with van der Waals surface area (Å²) in [5.41, 5.74) is 0. The van der Waals surface area contributed by atoms with Gasteiger partial charge in [0.15, 0.2) is 6.10 Å². The zero-order valence-electron chi connectivity index (χ0n) is 43.3. The quantitative estimate of drug-likeness (QED) is 0.0278. The number of esters is 2. The highest BCUT2D eigenvalue weighted by molar-refractivity contribution is 7.47. The molecule has 0 bridgehead atoms. The lowest BCUT2D eigenvalue weighted by Crippen LogP contribution is -2.37. The first-order valence-electron chi connectivity index (χ1n) is 27.8. The number of carbonyl (C=O) groups is 2. The van der Waals surface area contributed by atoms with Gasteiger partial charge in [-0.2, -0.15) is 0 Å². The summed E-state index contributed by atoms with van der Waals surface area (Å²) in [6, 6.07) is 0. The molecule has 0 aromatic heterocycles. The van der Waals surface area contributed by atoms with Crippen LogP contribution in [0, 0.1) is 0 Å². The number of phosphoric acid groups is 1. The maximum atomic E-state index is 12.8. The first kappa shape index (κ1) is 63.0. The Balaban J connectivity index is 4.14. The summed E-state index contributed by atoms with van der Waals surface area (Å²) in [5, 5.41) is 0. The van der Waals surface area contributed by atoms with E-state index in [1.807, 2.05) is 21.1 Å². The highest BCUT2D eigenvalue weighted by atomic mass is 31.2. The number of phosphoric ester groups is 1. The summed E-state index contributed by atoms with van der Waals surface area (Å²) >= 11 is 0. The second-order valence-electron chi connectivity index (χ2n) is 20.3. The number of likely N-dealkylation sites (N-methyl/N-ethyl adjacent to an activating group) is 1. The Morgan fingerprint density at radius 1 is 0.422 bits per heavy atom. The molecule has 0 spiro atoms. The molecule has 0 saturated carbocycles. The van der Waals surface area contributed by atoms with E-state index in [-0.39, 0.29) is 25.6 Å². The van der Waals surface area contributed by atoms with Gasteiger partial charge in [0.2, 0.25) is 0 Å². The summed E-state index contributed by atoms with van der Waals surface area (Å²) < 4.78 is 34.5. The third-order valence-corrected chi connectivity index (χ3v) is 13.6. The Bertz CT molecular complexity index is 1050. The molecule has 1 unspecified atom stereocenters. The Morgan fingerprint density at radius 2 is 0.703 bits per heavy atom. The van der Waals surface area contributed by atoms with Crippen molar-refractivity contribution in [3.05, 3.63) is 0 Å². The molecule has 1 N–H and O–H groups in total. The lowest BCUT2D eigenvalue weighted by atomic mass is 10.0. The van der Waals surface area contributed by atoms with E-state index in [1.165, 1.54) is 218 Å². The van der Waals surface area contributed by atoms with E-state index in [4.69, 9.17) is 18.5 Å². The van der Waals surface area contributed by atoms with Crippen molar-refractivity contribution < 1.29 is 42.1 Å². The fraction of sp³-hybridized carbons (Fsp3) is 0.963. The number of unbranched alkanes of at least 4 members (excludes halogenated alkanes) is 38. The average molecular weight is 931 g/mol. The third-order valence-electron chi connectivity index (χ3n) is 12.6. The predicted molar refractivity (Wildman–Crippen MR) is 271 cm³/mol. The van der Waals surface area contributed by atoms with Crippen molar-refractivity contribution in [2.24, 2.45) is 0 Å². The summed E-state index contributed by atoms with van der Waals surface area (Å²) in [7, 11) is 1.50. The number of hydrogen-bond donors (Lipinski definition) is 1. The lowest BCUT2D eigenvalue weighted by Gasteiger charge is -2.24. The molecule has 0 fully saturated rings. The number of ether oxygens (including phenoxy) is 2. The molecule has 0 aliphatic carbocycles. The molecule has 0 saturated heterocycles. The molecular weight excluding hydrogens is 822 g/mol. The van der Waals surface area contributed by atoms with E-state index < -0.39 is 26.5 Å². The van der Waals surface area contributed by atoms with Crippen molar-refractivity contribution in [2.45, 2.75) is 290 Å². The molecule has 0 radical (unpaired) electrons. The molecule has 0 aliphatic heterocycles. The van der Waals surface area contributed by atoms with Gasteiger partial charge >= 0.3 is 19.8 Å². The van der Waals surface area contributed by atoms with Crippen molar-refractivity contribution in [3.63, 3.8) is 0 Å². The molecule has 382 valence electrons. The van der Waals surface area contributed by atoms with E-state index in [2.05, 4.69) is 13.8 Å². The molecule has 0 amide bonds. The smallest absolute Gasteiger partial charge is 0.462 e. The van der Waals surface area contributed by atoms with Gasteiger partial charge in [0.25, 0.3) is 0 Å². The third kappa shape index (κ3) is 50.4. The molecule has 0 aromatic carbocycles. The molecule has 0 heterocycles. The van der Waals surface area contributed by atoms with Gasteiger partial charge in [0, 0.05) is 12.8 Å². The molecule has 10 heteroatoms. The maximum Gasteiger partial charge on any atom is 0.472 e. The zero-order valence-corrected chi connectivity index (χ0v) is 44.2. The summed E-state index contributed by atoms with van der Waals surface area (Å²) in [4.78, 5) is 35.6. The van der Waals surface area contributed by atoms with Crippen molar-refractivity contribution in [2.75, 3.05) is 47.5 Å². The number of carbonyl (C=O) groups excluding carboxylic acids is 2. The van der Waals surface area contributed by atoms with Gasteiger partial charge in [0.05, 0.1) is 27.7 Å². The van der Waals surface area contributed by atoms with Crippen LogP contribution in [-0.4, -0.2) is 74.9 Å². The van der Waals surface area contributed by atoms with Crippen LogP contribution in [0.15, 0.2) is 0 Å². The average Bonchev–Trinajstić information content (AvgIpc) is 3.25. The fourth-order valence-corrected chi connectivity index (χ4v) is 9.05. The summed E-state index contributed by atoms with van der Waals surface area (Å²) in [5.74, 6) is -0.774. The van der Waals surface area contributed by atoms with Crippen molar-refractivity contribution in [1.29, 1.82) is 0 Å². The Hall–Kier alpha value is -0.990. The maximum absolute atomic E-state index is 12.8. The van der Waals surface area contributed by atoms with Gasteiger partial charge in [-0.1, -0.05) is 258 Å². The van der Waals surface area contributed by atoms with Crippen molar-refractivity contribution in [3.8, 4) is 0 Å². The molecular formula is C54H109NO8P+. The van der Waals surface area contributed by atoms with Crippen molar-refractivity contribution in [1.82, 2.24) is 0 Å². The largest absolute Gasteiger partial charge is 0.472 e. The standard InChI is InChI=1S/C54H108NO8P/c1-6-8-10-12-14-16-18-20-22-24-26-28-30-32-34-36-38-40-42-44-46-53(56)60-50-52(51-62-64(58,59)61-49-48-55(3,4)5)63-54(57)47-45-43-41-39-37-35-33-31-29-27-25-23-21-19-17-15-13-11-9-7-2/h52H,6-51H2,1-5H3/p+1/t52-/m1/s1. The lowest BCUT2D eigenvalue weighted by molar-refractivity contribution is -0.870. The second kappa shape index (κ2) is 47.1. The topological polar surface area (TPSA) is 108 Å². The van der Waals surface area contributed by atoms with E-state index in [9.17, 15) is 19.0 Å². The van der Waals surface area contributed by atoms with Crippen LogP contribution in [0.3, 0.4) is 0 Å². The van der Waals surface area contributed by atoms with Gasteiger partial charge in [-0.05, 0) is 12.8 Å². The van der Waals surface area contributed by atoms with Crippen LogP contribution in [0.1, 0.15) is 284 Å². The fourth-order valence-electron chi connectivity index (χ4n) is 8.31. The number of nitrogens with zero attached hydrogens (tertiary/aromatic N) is 1. The molecule has 0 aliphatic rings. The Kier molecular flexibility index (Phi) is 46.4. The SMILES string of the molecule is CCCCCCCCCCCCCCCCCCCCCCC(=O)OC[C@H](COP(=O)(O)OCC[N+](C)(C)C)OC(=O)CCCCCCCCCCCCCCCCCCCCCC. The molecule has 0 aromatic rings. The molecule has 64 heavy (non-hydrogen) atoms. The van der Waals surface area contributed by atoms with E-state index >= 15 is 0 Å². The van der Waals surface area contributed by atoms with Crippen LogP contribution < -0.4 is 0 Å². The van der Waals surface area contributed by atoms with E-state index in [0.29, 0.717) is 17.4 Å². The minimum absolute atomic E-state index is 0.0373. The van der Waals surface area contributed by atoms with Gasteiger partial charge < -0.3 is 18.9 Å². The van der Waals surface area contributed by atoms with E-state index in [0.717, 1.165) is 38.5 Å². The second-order valence-corrected chi connectivity index (χ2v) is 21.8. The van der Waals surface area contributed by atoms with E-state index in [1.54, 1.807) is 0 Å². The van der Waals surface area contributed by atoms with Crippen LogP contribution in [0.4, 0.5) is 0 Å². The minimum atomic E-state index is -4.37. The van der Waals surface area contributed by atoms with Gasteiger partial charge in [0.1, 0.15) is 19.8 Å². The number of hydrogen-bond acceptors (Lipinski definition) is 7. The summed E-state index contributed by atoms with van der Waals surface area (Å²) in [6.45, 7) is 4.50. The predicted octanol–water partition coefficient (Wildman–Crippen LogP) is 16.7.